The van der Waals surface area contributed by atoms with Gasteiger partial charge in [-0.25, -0.2) is 0 Å². The zero-order valence-electron chi connectivity index (χ0n) is 12.2. The zero-order valence-corrected chi connectivity index (χ0v) is 12.9. The van der Waals surface area contributed by atoms with Crippen LogP contribution in [0.25, 0.3) is 0 Å². The summed E-state index contributed by atoms with van der Waals surface area (Å²) in [5.41, 5.74) is 0. The molecule has 0 aliphatic carbocycles. The predicted octanol–water partition coefficient (Wildman–Crippen LogP) is 2.14. The minimum absolute atomic E-state index is 0.0163. The minimum Gasteiger partial charge on any atom is -0.492 e. The summed E-state index contributed by atoms with van der Waals surface area (Å²) in [6.07, 6.45) is 1.44. The fourth-order valence-corrected chi connectivity index (χ4v) is 1.78. The van der Waals surface area contributed by atoms with E-state index >= 15 is 0 Å². The topological polar surface area (TPSA) is 67.4 Å². The van der Waals surface area contributed by atoms with Crippen LogP contribution in [-0.2, 0) is 9.59 Å². The molecule has 0 bridgehead atoms. The van der Waals surface area contributed by atoms with Crippen molar-refractivity contribution in [2.24, 2.45) is 0 Å². The number of benzene rings is 1. The highest BCUT2D eigenvalue weighted by molar-refractivity contribution is 6.32. The Morgan fingerprint density at radius 3 is 2.48 bits per heavy atom. The second-order valence-corrected chi connectivity index (χ2v) is 4.84. The number of nitrogens with one attached hydrogen (secondary N) is 2. The van der Waals surface area contributed by atoms with Crippen LogP contribution in [0.4, 0.5) is 0 Å². The van der Waals surface area contributed by atoms with E-state index in [4.69, 9.17) is 16.3 Å². The number of hydrogen-bond acceptors (Lipinski definition) is 3. The Morgan fingerprint density at radius 1 is 1.14 bits per heavy atom. The average Bonchev–Trinajstić information content (AvgIpc) is 2.49. The first kappa shape index (κ1) is 17.3. The Hall–Kier alpha value is -1.75. The first-order chi connectivity index (χ1) is 10.1. The van der Waals surface area contributed by atoms with Crippen molar-refractivity contribution in [2.75, 3.05) is 19.7 Å². The zero-order chi connectivity index (χ0) is 15.5. The lowest BCUT2D eigenvalue weighted by molar-refractivity contribution is -0.122. The molecule has 2 N–H and O–H groups in total. The third kappa shape index (κ3) is 7.56. The Labute approximate surface area is 130 Å². The maximum Gasteiger partial charge on any atom is 0.220 e. The van der Waals surface area contributed by atoms with Crippen LogP contribution < -0.4 is 15.4 Å². The molecule has 0 radical (unpaired) electrons. The maximum atomic E-state index is 11.5. The molecular formula is C15H21ClN2O3. The quantitative estimate of drug-likeness (QED) is 0.687. The van der Waals surface area contributed by atoms with E-state index in [1.165, 1.54) is 0 Å². The summed E-state index contributed by atoms with van der Waals surface area (Å²) in [5, 5.41) is 5.99. The Kier molecular flexibility index (Phi) is 8.28. The van der Waals surface area contributed by atoms with Gasteiger partial charge in [0.2, 0.25) is 11.8 Å². The van der Waals surface area contributed by atoms with E-state index in [-0.39, 0.29) is 11.8 Å². The molecule has 0 saturated carbocycles. The fourth-order valence-electron chi connectivity index (χ4n) is 1.59. The lowest BCUT2D eigenvalue weighted by Crippen LogP contribution is -2.34. The molecule has 1 rings (SSSR count). The lowest BCUT2D eigenvalue weighted by Gasteiger charge is -2.08. The number of carbonyl (C=O) groups is 2. The standard InChI is InChI=1S/C15H21ClN2O3/c1-2-14(19)17-9-10-18-15(20)8-5-11-21-13-7-4-3-6-12(13)16/h3-4,6-7H,2,5,8-11H2,1H3,(H,17,19)(H,18,20). The van der Waals surface area contributed by atoms with Crippen LogP contribution >= 0.6 is 11.6 Å². The minimum atomic E-state index is -0.0523. The van der Waals surface area contributed by atoms with Gasteiger partial charge in [-0.1, -0.05) is 30.7 Å². The number of rotatable bonds is 9. The summed E-state index contributed by atoms with van der Waals surface area (Å²) in [5.74, 6) is 0.558. The number of carbonyl (C=O) groups excluding carboxylic acids is 2. The molecule has 0 unspecified atom stereocenters. The number of para-hydroxylation sites is 1. The summed E-state index contributed by atoms with van der Waals surface area (Å²) in [6.45, 7) is 3.11. The first-order valence-electron chi connectivity index (χ1n) is 7.04. The fraction of sp³-hybridized carbons (Fsp3) is 0.467. The molecule has 0 heterocycles. The molecule has 2 amide bonds. The average molecular weight is 313 g/mol. The van der Waals surface area contributed by atoms with Crippen molar-refractivity contribution in [3.05, 3.63) is 29.3 Å². The normalized spacial score (nSPS) is 10.0. The van der Waals surface area contributed by atoms with E-state index in [0.29, 0.717) is 49.7 Å². The molecule has 6 heteroatoms. The molecule has 0 atom stereocenters. The Balaban J connectivity index is 2.06. The van der Waals surface area contributed by atoms with Gasteiger partial charge in [-0.2, -0.15) is 0 Å². The summed E-state index contributed by atoms with van der Waals surface area (Å²) in [4.78, 5) is 22.5. The van der Waals surface area contributed by atoms with Gasteiger partial charge in [0.1, 0.15) is 5.75 Å². The lowest BCUT2D eigenvalue weighted by atomic mass is 10.3. The maximum absolute atomic E-state index is 11.5. The largest absolute Gasteiger partial charge is 0.492 e. The monoisotopic (exact) mass is 312 g/mol. The van der Waals surface area contributed by atoms with Crippen LogP contribution in [0.2, 0.25) is 5.02 Å². The number of halogens is 1. The number of hydrogen-bond donors (Lipinski definition) is 2. The van der Waals surface area contributed by atoms with Crippen LogP contribution in [-0.4, -0.2) is 31.5 Å². The van der Waals surface area contributed by atoms with Crippen molar-refractivity contribution >= 4 is 23.4 Å². The summed E-state index contributed by atoms with van der Waals surface area (Å²) in [6, 6.07) is 7.23. The van der Waals surface area contributed by atoms with E-state index in [9.17, 15) is 9.59 Å². The van der Waals surface area contributed by atoms with Crippen LogP contribution in [0.1, 0.15) is 26.2 Å². The van der Waals surface area contributed by atoms with Crippen molar-refractivity contribution in [3.63, 3.8) is 0 Å². The van der Waals surface area contributed by atoms with Gasteiger partial charge >= 0.3 is 0 Å². The van der Waals surface area contributed by atoms with Crippen molar-refractivity contribution < 1.29 is 14.3 Å². The van der Waals surface area contributed by atoms with Gasteiger partial charge in [0.05, 0.1) is 11.6 Å². The van der Waals surface area contributed by atoms with Crippen molar-refractivity contribution in [3.8, 4) is 5.75 Å². The van der Waals surface area contributed by atoms with Crippen LogP contribution in [0.15, 0.2) is 24.3 Å². The molecule has 0 aromatic heterocycles. The van der Waals surface area contributed by atoms with Gasteiger partial charge in [-0.15, -0.1) is 0 Å². The van der Waals surface area contributed by atoms with E-state index in [1.807, 2.05) is 12.1 Å². The molecule has 0 saturated heterocycles. The van der Waals surface area contributed by atoms with Crippen LogP contribution in [0.5, 0.6) is 5.75 Å². The Morgan fingerprint density at radius 2 is 1.81 bits per heavy atom. The van der Waals surface area contributed by atoms with E-state index in [2.05, 4.69) is 10.6 Å². The van der Waals surface area contributed by atoms with E-state index in [0.717, 1.165) is 0 Å². The molecule has 116 valence electrons. The summed E-state index contributed by atoms with van der Waals surface area (Å²) < 4.78 is 5.49. The molecule has 0 fully saturated rings. The van der Waals surface area contributed by atoms with E-state index < -0.39 is 0 Å². The second-order valence-electron chi connectivity index (χ2n) is 4.44. The molecule has 0 aliphatic rings. The van der Waals surface area contributed by atoms with Gasteiger partial charge in [-0.05, 0) is 18.6 Å². The van der Waals surface area contributed by atoms with E-state index in [1.54, 1.807) is 19.1 Å². The highest BCUT2D eigenvalue weighted by Crippen LogP contribution is 2.23. The molecule has 0 spiro atoms. The van der Waals surface area contributed by atoms with Crippen molar-refractivity contribution in [1.29, 1.82) is 0 Å². The highest BCUT2D eigenvalue weighted by Gasteiger charge is 2.03. The summed E-state index contributed by atoms with van der Waals surface area (Å²) >= 11 is 5.95. The first-order valence-corrected chi connectivity index (χ1v) is 7.42. The third-order valence-electron chi connectivity index (χ3n) is 2.73. The third-order valence-corrected chi connectivity index (χ3v) is 3.05. The number of ether oxygens (including phenoxy) is 1. The van der Waals surface area contributed by atoms with Gasteiger partial charge < -0.3 is 15.4 Å². The van der Waals surface area contributed by atoms with Gasteiger partial charge in [-0.3, -0.25) is 9.59 Å². The summed E-state index contributed by atoms with van der Waals surface area (Å²) in [7, 11) is 0. The smallest absolute Gasteiger partial charge is 0.220 e. The molecule has 21 heavy (non-hydrogen) atoms. The molecule has 1 aromatic rings. The SMILES string of the molecule is CCC(=O)NCCNC(=O)CCCOc1ccccc1Cl. The highest BCUT2D eigenvalue weighted by atomic mass is 35.5. The second kappa shape index (κ2) is 10.0. The van der Waals surface area contributed by atoms with Gasteiger partial charge in [0.15, 0.2) is 0 Å². The van der Waals surface area contributed by atoms with Crippen molar-refractivity contribution in [2.45, 2.75) is 26.2 Å². The van der Waals surface area contributed by atoms with Crippen LogP contribution in [0.3, 0.4) is 0 Å². The number of amides is 2. The Bertz CT molecular complexity index is 466. The molecular weight excluding hydrogens is 292 g/mol. The van der Waals surface area contributed by atoms with Crippen molar-refractivity contribution in [1.82, 2.24) is 10.6 Å². The van der Waals surface area contributed by atoms with Crippen LogP contribution in [0, 0.1) is 0 Å². The van der Waals surface area contributed by atoms with Gasteiger partial charge in [0.25, 0.3) is 0 Å². The van der Waals surface area contributed by atoms with Gasteiger partial charge in [0, 0.05) is 25.9 Å². The molecule has 0 aliphatic heterocycles. The predicted molar refractivity (Wildman–Crippen MR) is 82.5 cm³/mol. The molecule has 5 nitrogen and oxygen atoms in total. The molecule has 1 aromatic carbocycles.